The summed E-state index contributed by atoms with van der Waals surface area (Å²) < 4.78 is 0. The van der Waals surface area contributed by atoms with Crippen molar-refractivity contribution in [3.05, 3.63) is 333 Å². The zero-order valence-electron chi connectivity index (χ0n) is 43.4. The third kappa shape index (κ3) is 6.51. The molecule has 0 radical (unpaired) electrons. The number of hydrogen-bond donors (Lipinski definition) is 4. The van der Waals surface area contributed by atoms with Gasteiger partial charge in [0.15, 0.2) is 0 Å². The standard InChI is InChI=1S/C76H48N4/c1-5-29-49-45(21-1)25-17-41-53(49)65-69-57-33-9-11-35-59(57)71(77-69)66(54-42-18-26-46-22-2-6-30-50(46)54)73-61-37-13-15-39-63(61)75(79-73)68(56-44-20-28-48-24-4-8-32-52(48)56)76-64-40-16-14-38-62(64)74(80-76)67(55-43-19-27-47-23-3-7-31-51(47)55)72-60-36-12-10-34-58(60)70(65)78-72/h1-44,77-80H. The first-order valence-electron chi connectivity index (χ1n) is 27.6. The molecular formula is C76H48N4. The van der Waals surface area contributed by atoms with Gasteiger partial charge < -0.3 is 19.9 Å². The van der Waals surface area contributed by atoms with E-state index >= 15 is 0 Å². The molecule has 1 aliphatic carbocycles. The summed E-state index contributed by atoms with van der Waals surface area (Å²) in [5.74, 6) is 0. The van der Waals surface area contributed by atoms with Crippen molar-refractivity contribution in [1.82, 2.24) is 19.9 Å². The molecule has 17 rings (SSSR count). The first kappa shape index (κ1) is 44.4. The van der Waals surface area contributed by atoms with Crippen molar-refractivity contribution in [3.63, 3.8) is 0 Å². The van der Waals surface area contributed by atoms with Gasteiger partial charge in [-0.1, -0.05) is 267 Å². The zero-order chi connectivity index (χ0) is 52.4. The van der Waals surface area contributed by atoms with E-state index in [-0.39, 0.29) is 0 Å². The van der Waals surface area contributed by atoms with Crippen molar-refractivity contribution in [3.8, 4) is 0 Å². The van der Waals surface area contributed by atoms with Gasteiger partial charge in [-0.2, -0.15) is 0 Å². The van der Waals surface area contributed by atoms with Crippen LogP contribution in [0.4, 0.5) is 0 Å². The number of H-pyrrole nitrogens is 4. The maximum absolute atomic E-state index is 4.35. The van der Waals surface area contributed by atoms with Crippen LogP contribution in [0.3, 0.4) is 0 Å². The summed E-state index contributed by atoms with van der Waals surface area (Å²) in [6.45, 7) is 0. The molecule has 4 N–H and O–H groups in total. The number of nitrogens with one attached hydrogen (secondary N) is 4. The zero-order valence-corrected chi connectivity index (χ0v) is 43.4. The fourth-order valence-electron chi connectivity index (χ4n) is 13.6. The fourth-order valence-corrected chi connectivity index (χ4v) is 13.6. The van der Waals surface area contributed by atoms with E-state index in [1.54, 1.807) is 0 Å². The van der Waals surface area contributed by atoms with Crippen LogP contribution in [0.25, 0.3) is 108 Å². The van der Waals surface area contributed by atoms with Crippen molar-refractivity contribution >= 4 is 108 Å². The van der Waals surface area contributed by atoms with E-state index < -0.39 is 0 Å². The molecule has 0 atom stereocenters. The summed E-state index contributed by atoms with van der Waals surface area (Å²) in [5.41, 5.74) is 13.0. The van der Waals surface area contributed by atoms with Crippen LogP contribution >= 0.6 is 0 Å². The molecule has 372 valence electrons. The lowest BCUT2D eigenvalue weighted by Crippen LogP contribution is -2.20. The molecule has 4 heteroatoms. The van der Waals surface area contributed by atoms with Crippen molar-refractivity contribution in [2.45, 2.75) is 0 Å². The lowest BCUT2D eigenvalue weighted by Gasteiger charge is -2.13. The van der Waals surface area contributed by atoms with Gasteiger partial charge in [-0.15, -0.1) is 0 Å². The average molecular weight is 1020 g/mol. The molecule has 16 aromatic rings. The molecule has 4 nitrogen and oxygen atoms in total. The number of benzene rings is 12. The summed E-state index contributed by atoms with van der Waals surface area (Å²) in [6.07, 6.45) is 0. The van der Waals surface area contributed by atoms with E-state index in [4.69, 9.17) is 0 Å². The highest BCUT2D eigenvalue weighted by Gasteiger charge is 2.28. The Morgan fingerprint density at radius 1 is 0.150 bits per heavy atom. The molecule has 0 unspecified atom stereocenters. The molecule has 4 heterocycles. The smallest absolute Gasteiger partial charge is 0.0566 e. The van der Waals surface area contributed by atoms with Crippen LogP contribution in [0, 0.1) is 0 Å². The molecule has 1 aliphatic rings. The summed E-state index contributed by atoms with van der Waals surface area (Å²) >= 11 is 0. The number of rotatable bonds is 4. The molecule has 4 aromatic heterocycles. The first-order valence-corrected chi connectivity index (χ1v) is 27.6. The first-order chi connectivity index (χ1) is 39.7. The van der Waals surface area contributed by atoms with Gasteiger partial charge in [-0.05, 0) is 65.3 Å². The summed E-state index contributed by atoms with van der Waals surface area (Å²) in [7, 11) is 0. The Kier molecular flexibility index (Phi) is 9.68. The number of hydrogen-bond acceptors (Lipinski definition) is 0. The van der Waals surface area contributed by atoms with Gasteiger partial charge in [-0.3, -0.25) is 0 Å². The van der Waals surface area contributed by atoms with E-state index in [1.807, 2.05) is 0 Å². The Bertz CT molecular complexity index is 4860. The van der Waals surface area contributed by atoms with E-state index in [0.717, 1.165) is 132 Å². The van der Waals surface area contributed by atoms with Gasteiger partial charge in [0.25, 0.3) is 0 Å². The topological polar surface area (TPSA) is 63.2 Å². The van der Waals surface area contributed by atoms with Gasteiger partial charge in [0, 0.05) is 65.4 Å². The van der Waals surface area contributed by atoms with E-state index in [0.29, 0.717) is 0 Å². The number of fused-ring (bicyclic) bond motifs is 4. The molecule has 80 heavy (non-hydrogen) atoms. The highest BCUT2D eigenvalue weighted by atomic mass is 14.8. The highest BCUT2D eigenvalue weighted by Crippen LogP contribution is 2.42. The summed E-state index contributed by atoms with van der Waals surface area (Å²) in [5, 5.41) is 22.6. The second-order valence-electron chi connectivity index (χ2n) is 21.3. The lowest BCUT2D eigenvalue weighted by molar-refractivity contribution is 1.21. The quantitative estimate of drug-likeness (QED) is 0.136. The molecular weight excluding hydrogens is 969 g/mol. The average Bonchev–Trinajstić information content (AvgIpc) is 4.37. The highest BCUT2D eigenvalue weighted by molar-refractivity contribution is 6.14. The predicted octanol–water partition coefficient (Wildman–Crippen LogP) is 15.5. The van der Waals surface area contributed by atoms with Crippen molar-refractivity contribution in [1.29, 1.82) is 0 Å². The molecule has 8 bridgehead atoms. The molecule has 0 saturated heterocycles. The van der Waals surface area contributed by atoms with Gasteiger partial charge in [0.2, 0.25) is 0 Å². The van der Waals surface area contributed by atoms with E-state index in [2.05, 4.69) is 287 Å². The molecule has 0 spiro atoms. The Morgan fingerprint density at radius 2 is 0.338 bits per heavy atom. The minimum atomic E-state index is 1.04. The second kappa shape index (κ2) is 17.4. The summed E-state index contributed by atoms with van der Waals surface area (Å²) in [6, 6.07) is 98.3. The van der Waals surface area contributed by atoms with Gasteiger partial charge in [0.1, 0.15) is 0 Å². The van der Waals surface area contributed by atoms with Crippen LogP contribution in [0.1, 0.15) is 45.0 Å². The van der Waals surface area contributed by atoms with Crippen molar-refractivity contribution in [2.24, 2.45) is 0 Å². The molecule has 12 aromatic carbocycles. The molecule has 0 aliphatic heterocycles. The summed E-state index contributed by atoms with van der Waals surface area (Å²) in [4.78, 5) is 17.4. The van der Waals surface area contributed by atoms with Gasteiger partial charge >= 0.3 is 0 Å². The van der Waals surface area contributed by atoms with Gasteiger partial charge in [0.05, 0.1) is 44.2 Å². The minimum absolute atomic E-state index is 1.04. The third-order valence-electron chi connectivity index (χ3n) is 17.1. The van der Waals surface area contributed by atoms with Crippen molar-refractivity contribution < 1.29 is 0 Å². The maximum atomic E-state index is 4.35. The molecule has 0 saturated carbocycles. The Hall–Kier alpha value is -10.7. The van der Waals surface area contributed by atoms with Crippen LogP contribution < -0.4 is 21.4 Å². The molecule has 0 amide bonds. The van der Waals surface area contributed by atoms with Crippen LogP contribution in [-0.2, 0) is 0 Å². The SMILES string of the molecule is c1ccc2c(C3=c4[nH]c(c5ccccc45)=C(c4cccc5ccccc45)c4[nH]c(c5ccccc45)C(c4cccc5ccccc45)=c4[nH]c(c5ccccc45)=C(c4cccc5ccccc45)c4[nH]c3c3ccccc43)cccc2c1. The Morgan fingerprint density at radius 3 is 0.575 bits per heavy atom. The van der Waals surface area contributed by atoms with E-state index in [1.165, 1.54) is 43.1 Å². The third-order valence-corrected chi connectivity index (χ3v) is 17.1. The maximum Gasteiger partial charge on any atom is 0.0566 e. The Labute approximate surface area is 459 Å². The van der Waals surface area contributed by atoms with Crippen LogP contribution in [0.2, 0.25) is 0 Å². The molecule has 0 fully saturated rings. The van der Waals surface area contributed by atoms with Gasteiger partial charge in [-0.25, -0.2) is 0 Å². The second-order valence-corrected chi connectivity index (χ2v) is 21.3. The predicted molar refractivity (Wildman–Crippen MR) is 334 cm³/mol. The number of aromatic amines is 4. The van der Waals surface area contributed by atoms with E-state index in [9.17, 15) is 0 Å². The van der Waals surface area contributed by atoms with Crippen LogP contribution in [-0.4, -0.2) is 19.9 Å². The normalized spacial score (nSPS) is 12.9. The fraction of sp³-hybridized carbons (Fsp3) is 0. The van der Waals surface area contributed by atoms with Crippen molar-refractivity contribution in [2.75, 3.05) is 0 Å². The number of aromatic nitrogens is 4. The van der Waals surface area contributed by atoms with Crippen LogP contribution in [0.15, 0.2) is 267 Å². The lowest BCUT2D eigenvalue weighted by atomic mass is 9.92. The van der Waals surface area contributed by atoms with Crippen LogP contribution in [0.5, 0.6) is 0 Å². The largest absolute Gasteiger partial charge is 0.353 e. The minimum Gasteiger partial charge on any atom is -0.353 e. The monoisotopic (exact) mass is 1020 g/mol. The Balaban J connectivity index is 1.20.